The van der Waals surface area contributed by atoms with Crippen LogP contribution in [0.2, 0.25) is 0 Å². The van der Waals surface area contributed by atoms with Crippen molar-refractivity contribution in [1.82, 2.24) is 19.1 Å². The molecule has 1 amide bonds. The summed E-state index contributed by atoms with van der Waals surface area (Å²) in [5, 5.41) is 3.79. The molecule has 1 aromatic carbocycles. The highest BCUT2D eigenvalue weighted by Crippen LogP contribution is 2.20. The highest BCUT2D eigenvalue weighted by Gasteiger charge is 2.23. The Morgan fingerprint density at radius 2 is 2.00 bits per heavy atom. The monoisotopic (exact) mass is 400 g/mol. The summed E-state index contributed by atoms with van der Waals surface area (Å²) in [6, 6.07) is 4.85. The SMILES string of the molecule is C/C=C/c1nn(C(=O)NS(=O)(=O)c2ccccc2Br)c(=O)n1C. The number of rotatable bonds is 3. The molecule has 0 aliphatic rings. The average Bonchev–Trinajstić information content (AvgIpc) is 2.76. The van der Waals surface area contributed by atoms with Crippen molar-refractivity contribution in [2.75, 3.05) is 0 Å². The summed E-state index contributed by atoms with van der Waals surface area (Å²) in [6.07, 6.45) is 3.16. The van der Waals surface area contributed by atoms with E-state index in [2.05, 4.69) is 21.0 Å². The van der Waals surface area contributed by atoms with Gasteiger partial charge in [0.2, 0.25) is 0 Å². The quantitative estimate of drug-likeness (QED) is 0.836. The number of aromatic nitrogens is 3. The first kappa shape index (κ1) is 17.2. The van der Waals surface area contributed by atoms with Gasteiger partial charge in [0.1, 0.15) is 4.90 Å². The lowest BCUT2D eigenvalue weighted by molar-refractivity contribution is 0.243. The largest absolute Gasteiger partial charge is 0.360 e. The van der Waals surface area contributed by atoms with Crippen LogP contribution in [0.1, 0.15) is 12.7 Å². The number of benzene rings is 1. The topological polar surface area (TPSA) is 103 Å². The molecule has 0 aliphatic carbocycles. The zero-order valence-corrected chi connectivity index (χ0v) is 14.6. The number of amides is 1. The van der Waals surface area contributed by atoms with Gasteiger partial charge < -0.3 is 0 Å². The molecule has 23 heavy (non-hydrogen) atoms. The normalized spacial score (nSPS) is 11.8. The van der Waals surface area contributed by atoms with Crippen LogP contribution < -0.4 is 10.4 Å². The maximum atomic E-state index is 12.2. The number of nitrogens with one attached hydrogen (secondary N) is 1. The van der Waals surface area contributed by atoms with Crippen molar-refractivity contribution in [2.45, 2.75) is 11.8 Å². The fraction of sp³-hybridized carbons (Fsp3) is 0.154. The van der Waals surface area contributed by atoms with Crippen LogP contribution >= 0.6 is 15.9 Å². The minimum atomic E-state index is -4.14. The molecule has 1 aromatic heterocycles. The zero-order valence-electron chi connectivity index (χ0n) is 12.2. The Bertz CT molecular complexity index is 943. The zero-order chi connectivity index (χ0) is 17.2. The van der Waals surface area contributed by atoms with Gasteiger partial charge in [-0.05, 0) is 41.1 Å². The smallest absolute Gasteiger partial charge is 0.278 e. The molecule has 0 saturated carbocycles. The van der Waals surface area contributed by atoms with Crippen LogP contribution in [0.5, 0.6) is 0 Å². The molecule has 0 spiro atoms. The van der Waals surface area contributed by atoms with Crippen molar-refractivity contribution >= 4 is 38.1 Å². The average molecular weight is 401 g/mol. The highest BCUT2D eigenvalue weighted by atomic mass is 79.9. The summed E-state index contributed by atoms with van der Waals surface area (Å²) in [7, 11) is -2.72. The van der Waals surface area contributed by atoms with E-state index in [1.165, 1.54) is 31.3 Å². The van der Waals surface area contributed by atoms with Crippen molar-refractivity contribution in [1.29, 1.82) is 0 Å². The van der Waals surface area contributed by atoms with Crippen molar-refractivity contribution in [3.63, 3.8) is 0 Å². The van der Waals surface area contributed by atoms with E-state index in [0.29, 0.717) is 9.15 Å². The van der Waals surface area contributed by atoms with E-state index in [-0.39, 0.29) is 10.7 Å². The third kappa shape index (κ3) is 3.42. The number of hydrogen-bond donors (Lipinski definition) is 1. The van der Waals surface area contributed by atoms with Crippen LogP contribution in [0.3, 0.4) is 0 Å². The van der Waals surface area contributed by atoms with Gasteiger partial charge >= 0.3 is 11.7 Å². The molecule has 10 heteroatoms. The molecule has 2 aromatic rings. The lowest BCUT2D eigenvalue weighted by atomic mass is 10.4. The van der Waals surface area contributed by atoms with Gasteiger partial charge in [-0.3, -0.25) is 4.57 Å². The van der Waals surface area contributed by atoms with Crippen LogP contribution in [0.25, 0.3) is 6.08 Å². The van der Waals surface area contributed by atoms with Crippen LogP contribution in [0, 0.1) is 0 Å². The number of allylic oxidation sites excluding steroid dienone is 1. The molecule has 1 heterocycles. The summed E-state index contributed by atoms with van der Waals surface area (Å²) >= 11 is 3.10. The summed E-state index contributed by atoms with van der Waals surface area (Å²) in [6.45, 7) is 1.72. The lowest BCUT2D eigenvalue weighted by Gasteiger charge is -2.07. The summed E-state index contributed by atoms with van der Waals surface area (Å²) in [5.41, 5.74) is -0.752. The molecule has 0 unspecified atom stereocenters. The van der Waals surface area contributed by atoms with Gasteiger partial charge in [0.15, 0.2) is 5.82 Å². The lowest BCUT2D eigenvalue weighted by Crippen LogP contribution is -2.40. The standard InChI is InChI=1S/C13H13BrN4O4S/c1-3-6-11-15-18(13(20)17(11)2)12(19)16-23(21,22)10-8-5-4-7-9(10)14/h3-8H,1-2H3,(H,16,19)/b6-3+. The Labute approximate surface area is 140 Å². The maximum absolute atomic E-state index is 12.2. The first-order valence-electron chi connectivity index (χ1n) is 6.38. The van der Waals surface area contributed by atoms with E-state index in [9.17, 15) is 18.0 Å². The Balaban J connectivity index is 2.38. The van der Waals surface area contributed by atoms with Gasteiger partial charge in [0.05, 0.1) is 0 Å². The van der Waals surface area contributed by atoms with E-state index < -0.39 is 21.7 Å². The molecule has 0 saturated heterocycles. The Morgan fingerprint density at radius 1 is 1.35 bits per heavy atom. The van der Waals surface area contributed by atoms with Gasteiger partial charge in [-0.2, -0.15) is 0 Å². The van der Waals surface area contributed by atoms with E-state index in [0.717, 1.165) is 4.57 Å². The summed E-state index contributed by atoms with van der Waals surface area (Å²) in [4.78, 5) is 23.9. The maximum Gasteiger partial charge on any atom is 0.360 e. The molecule has 0 bridgehead atoms. The van der Waals surface area contributed by atoms with Crippen molar-refractivity contribution < 1.29 is 13.2 Å². The van der Waals surface area contributed by atoms with E-state index >= 15 is 0 Å². The summed E-state index contributed by atoms with van der Waals surface area (Å²) < 4.78 is 28.2. The molecule has 0 fully saturated rings. The Hall–Kier alpha value is -2.20. The van der Waals surface area contributed by atoms with E-state index in [4.69, 9.17) is 0 Å². The molecular weight excluding hydrogens is 388 g/mol. The predicted molar refractivity (Wildman–Crippen MR) is 87.4 cm³/mol. The van der Waals surface area contributed by atoms with Gasteiger partial charge in [0.25, 0.3) is 10.0 Å². The molecule has 0 atom stereocenters. The third-order valence-corrected chi connectivity index (χ3v) is 5.20. The molecule has 2 rings (SSSR count). The van der Waals surface area contributed by atoms with E-state index in [1.807, 2.05) is 4.72 Å². The Morgan fingerprint density at radius 3 is 2.61 bits per heavy atom. The molecule has 122 valence electrons. The van der Waals surface area contributed by atoms with Crippen LogP contribution in [-0.2, 0) is 17.1 Å². The van der Waals surface area contributed by atoms with Crippen molar-refractivity contribution in [3.8, 4) is 0 Å². The van der Waals surface area contributed by atoms with Crippen LogP contribution in [-0.4, -0.2) is 28.8 Å². The second kappa shape index (κ2) is 6.50. The van der Waals surface area contributed by atoms with Gasteiger partial charge in [-0.25, -0.2) is 22.7 Å². The molecular formula is C13H13BrN4O4S. The molecule has 0 radical (unpaired) electrons. The van der Waals surface area contributed by atoms with Gasteiger partial charge in [-0.15, -0.1) is 9.78 Å². The minimum absolute atomic E-state index is 0.119. The number of hydrogen-bond acceptors (Lipinski definition) is 5. The number of sulfonamides is 1. The number of nitrogens with zero attached hydrogens (tertiary/aromatic N) is 3. The van der Waals surface area contributed by atoms with Gasteiger partial charge in [0, 0.05) is 11.5 Å². The van der Waals surface area contributed by atoms with Crippen LogP contribution in [0.4, 0.5) is 4.79 Å². The van der Waals surface area contributed by atoms with Gasteiger partial charge in [-0.1, -0.05) is 18.2 Å². The second-order valence-electron chi connectivity index (χ2n) is 4.45. The second-order valence-corrected chi connectivity index (χ2v) is 6.96. The number of halogens is 1. The molecule has 8 nitrogen and oxygen atoms in total. The Kier molecular flexibility index (Phi) is 4.85. The fourth-order valence-electron chi connectivity index (χ4n) is 1.75. The van der Waals surface area contributed by atoms with Crippen LogP contribution in [0.15, 0.2) is 44.5 Å². The summed E-state index contributed by atoms with van der Waals surface area (Å²) in [5.74, 6) is 0.228. The molecule has 1 N–H and O–H groups in total. The fourth-order valence-corrected chi connectivity index (χ4v) is 3.69. The minimum Gasteiger partial charge on any atom is -0.278 e. The van der Waals surface area contributed by atoms with Crippen molar-refractivity contribution in [2.24, 2.45) is 7.05 Å². The predicted octanol–water partition coefficient (Wildman–Crippen LogP) is 1.32. The number of carbonyl (C=O) groups is 1. The van der Waals surface area contributed by atoms with E-state index in [1.54, 1.807) is 19.1 Å². The first-order chi connectivity index (χ1) is 10.8. The first-order valence-corrected chi connectivity index (χ1v) is 8.66. The third-order valence-electron chi connectivity index (χ3n) is 2.87. The van der Waals surface area contributed by atoms with Crippen molar-refractivity contribution in [3.05, 3.63) is 51.1 Å². The number of carbonyl (C=O) groups excluding carboxylic acids is 1. The molecule has 0 aliphatic heterocycles. The highest BCUT2D eigenvalue weighted by molar-refractivity contribution is 9.10.